The van der Waals surface area contributed by atoms with Crippen LogP contribution in [0.15, 0.2) is 4.60 Å². The van der Waals surface area contributed by atoms with E-state index in [1.807, 2.05) is 0 Å². The first-order valence-electron chi connectivity index (χ1n) is 2.90. The van der Waals surface area contributed by atoms with E-state index in [9.17, 15) is 0 Å². The molecule has 0 bridgehead atoms. The predicted octanol–water partition coefficient (Wildman–Crippen LogP) is 1.52. The van der Waals surface area contributed by atoms with Gasteiger partial charge in [-0.2, -0.15) is 0 Å². The van der Waals surface area contributed by atoms with Crippen LogP contribution in [-0.4, -0.2) is 15.4 Å². The molecule has 50 valence electrons. The van der Waals surface area contributed by atoms with Crippen LogP contribution in [0.5, 0.6) is 0 Å². The Morgan fingerprint density at radius 1 is 1.67 bits per heavy atom. The fourth-order valence-electron chi connectivity index (χ4n) is 0.634. The second-order valence-corrected chi connectivity index (χ2v) is 2.62. The minimum Gasteiger partial charge on any atom is -0.251 e. The van der Waals surface area contributed by atoms with E-state index in [-0.39, 0.29) is 0 Å². The minimum absolute atomic E-state index is 0.907. The van der Waals surface area contributed by atoms with Gasteiger partial charge in [0.1, 0.15) is 4.60 Å². The van der Waals surface area contributed by atoms with E-state index < -0.39 is 0 Å². The van der Waals surface area contributed by atoms with Gasteiger partial charge in [0.25, 0.3) is 0 Å². The zero-order valence-corrected chi connectivity index (χ0v) is 6.77. The Morgan fingerprint density at radius 2 is 2.44 bits per heavy atom. The van der Waals surface area contributed by atoms with Crippen LogP contribution in [0.1, 0.15) is 19.0 Å². The van der Waals surface area contributed by atoms with E-state index in [1.54, 1.807) is 0 Å². The summed E-state index contributed by atoms with van der Waals surface area (Å²) >= 11 is 3.29. The van der Waals surface area contributed by atoms with E-state index in [1.165, 1.54) is 0 Å². The molecular formula is C5H8BrN3. The second kappa shape index (κ2) is 2.96. The Balaban J connectivity index is 2.69. The fourth-order valence-corrected chi connectivity index (χ4v) is 0.991. The van der Waals surface area contributed by atoms with Gasteiger partial charge in [-0.25, -0.2) is 0 Å². The standard InChI is InChI=1S/C5H8BrN3/c1-2-3-4-5(6)8-9-7-4/h2-3H2,1H3,(H,7,8,9). The number of hydrogen-bond donors (Lipinski definition) is 1. The monoisotopic (exact) mass is 189 g/mol. The fraction of sp³-hybridized carbons (Fsp3) is 0.600. The number of hydrogen-bond acceptors (Lipinski definition) is 2. The molecule has 0 atom stereocenters. The molecule has 1 aromatic rings. The number of aromatic amines is 1. The first-order chi connectivity index (χ1) is 4.34. The molecule has 0 aromatic carbocycles. The summed E-state index contributed by atoms with van der Waals surface area (Å²) in [7, 11) is 0. The summed E-state index contributed by atoms with van der Waals surface area (Å²) in [5.41, 5.74) is 1.01. The first-order valence-corrected chi connectivity index (χ1v) is 3.69. The third kappa shape index (κ3) is 1.51. The van der Waals surface area contributed by atoms with Crippen LogP contribution in [0.4, 0.5) is 0 Å². The predicted molar refractivity (Wildman–Crippen MR) is 38.1 cm³/mol. The topological polar surface area (TPSA) is 41.6 Å². The summed E-state index contributed by atoms with van der Waals surface area (Å²) in [6.45, 7) is 2.11. The van der Waals surface area contributed by atoms with Crippen molar-refractivity contribution in [3.05, 3.63) is 10.3 Å². The molecule has 0 unspecified atom stereocenters. The highest BCUT2D eigenvalue weighted by Gasteiger charge is 1.99. The van der Waals surface area contributed by atoms with E-state index in [2.05, 4.69) is 38.3 Å². The van der Waals surface area contributed by atoms with E-state index >= 15 is 0 Å². The maximum atomic E-state index is 3.85. The lowest BCUT2D eigenvalue weighted by atomic mass is 10.3. The van der Waals surface area contributed by atoms with Crippen molar-refractivity contribution in [1.82, 2.24) is 15.4 Å². The van der Waals surface area contributed by atoms with Crippen LogP contribution in [0.25, 0.3) is 0 Å². The number of aryl methyl sites for hydroxylation is 1. The van der Waals surface area contributed by atoms with Gasteiger partial charge in [0, 0.05) is 0 Å². The summed E-state index contributed by atoms with van der Waals surface area (Å²) in [6, 6.07) is 0. The third-order valence-corrected chi connectivity index (χ3v) is 1.69. The van der Waals surface area contributed by atoms with Gasteiger partial charge >= 0.3 is 0 Å². The van der Waals surface area contributed by atoms with Gasteiger partial charge in [-0.15, -0.1) is 5.10 Å². The smallest absolute Gasteiger partial charge is 0.124 e. The number of nitrogens with zero attached hydrogens (tertiary/aromatic N) is 2. The van der Waals surface area contributed by atoms with Crippen molar-refractivity contribution < 1.29 is 0 Å². The lowest BCUT2D eigenvalue weighted by Crippen LogP contribution is -1.82. The molecule has 3 nitrogen and oxygen atoms in total. The van der Waals surface area contributed by atoms with Crippen molar-refractivity contribution in [2.75, 3.05) is 0 Å². The molecule has 9 heavy (non-hydrogen) atoms. The molecule has 0 saturated heterocycles. The number of halogens is 1. The zero-order valence-electron chi connectivity index (χ0n) is 5.19. The molecule has 4 heteroatoms. The molecule has 0 saturated carbocycles. The molecule has 0 spiro atoms. The van der Waals surface area contributed by atoms with Crippen LogP contribution in [0, 0.1) is 0 Å². The van der Waals surface area contributed by atoms with Gasteiger partial charge in [-0.05, 0) is 22.4 Å². The van der Waals surface area contributed by atoms with Crippen molar-refractivity contribution in [3.8, 4) is 0 Å². The first kappa shape index (κ1) is 6.74. The summed E-state index contributed by atoms with van der Waals surface area (Å²) in [5, 5.41) is 10.2. The summed E-state index contributed by atoms with van der Waals surface area (Å²) in [4.78, 5) is 0. The average Bonchev–Trinajstić information content (AvgIpc) is 2.18. The van der Waals surface area contributed by atoms with Crippen molar-refractivity contribution >= 4 is 15.9 Å². The van der Waals surface area contributed by atoms with Crippen LogP contribution in [-0.2, 0) is 6.42 Å². The number of aromatic nitrogens is 3. The van der Waals surface area contributed by atoms with E-state index in [0.29, 0.717) is 0 Å². The Bertz CT molecular complexity index is 184. The van der Waals surface area contributed by atoms with Crippen molar-refractivity contribution in [1.29, 1.82) is 0 Å². The van der Waals surface area contributed by atoms with Gasteiger partial charge in [0.05, 0.1) is 5.69 Å². The number of rotatable bonds is 2. The van der Waals surface area contributed by atoms with Crippen LogP contribution >= 0.6 is 15.9 Å². The molecule has 1 N–H and O–H groups in total. The SMILES string of the molecule is CCCc1nn[nH]c1Br. The van der Waals surface area contributed by atoms with Gasteiger partial charge < -0.3 is 0 Å². The van der Waals surface area contributed by atoms with E-state index in [4.69, 9.17) is 0 Å². The largest absolute Gasteiger partial charge is 0.251 e. The maximum Gasteiger partial charge on any atom is 0.124 e. The quantitative estimate of drug-likeness (QED) is 0.767. The molecule has 0 radical (unpaired) electrons. The molecule has 1 aromatic heterocycles. The Labute approximate surface area is 62.0 Å². The lowest BCUT2D eigenvalue weighted by molar-refractivity contribution is 0.853. The Morgan fingerprint density at radius 3 is 2.89 bits per heavy atom. The van der Waals surface area contributed by atoms with Crippen molar-refractivity contribution in [3.63, 3.8) is 0 Å². The Hall–Kier alpha value is -0.380. The molecule has 0 aliphatic heterocycles. The highest BCUT2D eigenvalue weighted by Crippen LogP contribution is 2.10. The van der Waals surface area contributed by atoms with Crippen LogP contribution in [0.2, 0.25) is 0 Å². The minimum atomic E-state index is 0.907. The second-order valence-electron chi connectivity index (χ2n) is 1.82. The Kier molecular flexibility index (Phi) is 2.22. The normalized spacial score (nSPS) is 10.0. The van der Waals surface area contributed by atoms with Crippen molar-refractivity contribution in [2.45, 2.75) is 19.8 Å². The van der Waals surface area contributed by atoms with Crippen molar-refractivity contribution in [2.24, 2.45) is 0 Å². The van der Waals surface area contributed by atoms with Gasteiger partial charge in [-0.1, -0.05) is 18.6 Å². The van der Waals surface area contributed by atoms with E-state index in [0.717, 1.165) is 23.1 Å². The van der Waals surface area contributed by atoms with Crippen LogP contribution < -0.4 is 0 Å². The molecule has 0 aliphatic carbocycles. The number of H-pyrrole nitrogens is 1. The molecule has 0 amide bonds. The zero-order chi connectivity index (χ0) is 6.69. The van der Waals surface area contributed by atoms with Gasteiger partial charge in [0.2, 0.25) is 0 Å². The molecular weight excluding hydrogens is 182 g/mol. The summed E-state index contributed by atoms with van der Waals surface area (Å²) < 4.78 is 0.907. The van der Waals surface area contributed by atoms with Gasteiger partial charge in [0.15, 0.2) is 0 Å². The third-order valence-electron chi connectivity index (χ3n) is 1.06. The lowest BCUT2D eigenvalue weighted by Gasteiger charge is -1.87. The molecule has 0 aliphatic rings. The van der Waals surface area contributed by atoms with Crippen LogP contribution in [0.3, 0.4) is 0 Å². The highest BCUT2D eigenvalue weighted by atomic mass is 79.9. The van der Waals surface area contributed by atoms with Gasteiger partial charge in [-0.3, -0.25) is 5.10 Å². The molecule has 1 rings (SSSR count). The number of nitrogens with one attached hydrogen (secondary N) is 1. The average molecular weight is 190 g/mol. The molecule has 0 fully saturated rings. The molecule has 1 heterocycles. The summed E-state index contributed by atoms with van der Waals surface area (Å²) in [5.74, 6) is 0. The summed E-state index contributed by atoms with van der Waals surface area (Å²) in [6.07, 6.45) is 2.09. The highest BCUT2D eigenvalue weighted by molar-refractivity contribution is 9.10. The maximum absolute atomic E-state index is 3.85.